The van der Waals surface area contributed by atoms with Gasteiger partial charge >= 0.3 is 6.01 Å². The van der Waals surface area contributed by atoms with Crippen molar-refractivity contribution in [2.45, 2.75) is 6.54 Å². The summed E-state index contributed by atoms with van der Waals surface area (Å²) in [6.45, 7) is 0.402. The van der Waals surface area contributed by atoms with Crippen molar-refractivity contribution in [1.29, 1.82) is 0 Å². The van der Waals surface area contributed by atoms with Crippen LogP contribution in [-0.4, -0.2) is 22.1 Å². The van der Waals surface area contributed by atoms with Gasteiger partial charge in [-0.3, -0.25) is 0 Å². The highest BCUT2D eigenvalue weighted by molar-refractivity contribution is 5.55. The summed E-state index contributed by atoms with van der Waals surface area (Å²) < 4.78 is 24.0. The maximum absolute atomic E-state index is 13.7. The lowest BCUT2D eigenvalue weighted by molar-refractivity contribution is 0.379. The molecule has 0 atom stereocenters. The van der Waals surface area contributed by atoms with Gasteiger partial charge in [-0.25, -0.2) is 4.39 Å². The van der Waals surface area contributed by atoms with Crippen LogP contribution in [0.4, 0.5) is 22.0 Å². The van der Waals surface area contributed by atoms with Crippen molar-refractivity contribution in [3.05, 3.63) is 54.2 Å². The molecule has 23 heavy (non-hydrogen) atoms. The maximum atomic E-state index is 13.7. The van der Waals surface area contributed by atoms with Gasteiger partial charge in [0.15, 0.2) is 0 Å². The minimum atomic E-state index is -0.406. The van der Waals surface area contributed by atoms with Crippen molar-refractivity contribution in [2.75, 3.05) is 17.7 Å². The van der Waals surface area contributed by atoms with E-state index in [9.17, 15) is 4.39 Å². The summed E-state index contributed by atoms with van der Waals surface area (Å²) in [6.07, 6.45) is 1.58. The van der Waals surface area contributed by atoms with Crippen LogP contribution in [0.1, 0.15) is 5.76 Å². The minimum absolute atomic E-state index is 0.112. The Morgan fingerprint density at radius 3 is 2.65 bits per heavy atom. The minimum Gasteiger partial charge on any atom is -0.467 e. The Morgan fingerprint density at radius 2 is 1.91 bits per heavy atom. The van der Waals surface area contributed by atoms with Gasteiger partial charge in [0.25, 0.3) is 0 Å². The monoisotopic (exact) mass is 315 g/mol. The van der Waals surface area contributed by atoms with Gasteiger partial charge in [-0.1, -0.05) is 12.1 Å². The molecule has 0 saturated heterocycles. The summed E-state index contributed by atoms with van der Waals surface area (Å²) in [5.74, 6) is 0.779. The summed E-state index contributed by atoms with van der Waals surface area (Å²) in [5.41, 5.74) is 0.262. The number of furan rings is 1. The smallest absolute Gasteiger partial charge is 0.322 e. The van der Waals surface area contributed by atoms with E-state index in [0.717, 1.165) is 5.76 Å². The lowest BCUT2D eigenvalue weighted by atomic mass is 10.3. The molecule has 0 unspecified atom stereocenters. The zero-order chi connectivity index (χ0) is 16.1. The predicted octanol–water partition coefficient (Wildman–Crippen LogP) is 2.97. The fraction of sp³-hybridized carbons (Fsp3) is 0.133. The number of ether oxygens (including phenoxy) is 1. The Hall–Kier alpha value is -3.16. The number of rotatable bonds is 6. The summed E-state index contributed by atoms with van der Waals surface area (Å²) in [6, 6.07) is 9.96. The maximum Gasteiger partial charge on any atom is 0.322 e. The molecular formula is C15H14FN5O2. The molecule has 3 aromatic rings. The number of halogens is 1. The van der Waals surface area contributed by atoms with Gasteiger partial charge < -0.3 is 19.8 Å². The second-order valence-corrected chi connectivity index (χ2v) is 4.51. The van der Waals surface area contributed by atoms with Crippen LogP contribution in [0.25, 0.3) is 0 Å². The van der Waals surface area contributed by atoms with Crippen LogP contribution < -0.4 is 15.4 Å². The standard InChI is InChI=1S/C15H14FN5O2/c1-22-15-20-13(17-9-10-5-4-8-23-10)19-14(21-15)18-12-7-3-2-6-11(12)16/h2-8H,9H2,1H3,(H2,17,18,19,20,21). The molecule has 0 radical (unpaired) electrons. The number of nitrogens with one attached hydrogen (secondary N) is 2. The Balaban J connectivity index is 1.79. The molecule has 118 valence electrons. The highest BCUT2D eigenvalue weighted by atomic mass is 19.1. The molecule has 2 aromatic heterocycles. The van der Waals surface area contributed by atoms with E-state index < -0.39 is 5.82 Å². The second-order valence-electron chi connectivity index (χ2n) is 4.51. The topological polar surface area (TPSA) is 85.1 Å². The molecule has 7 nitrogen and oxygen atoms in total. The lowest BCUT2D eigenvalue weighted by Gasteiger charge is -2.09. The van der Waals surface area contributed by atoms with E-state index in [1.54, 1.807) is 30.5 Å². The molecule has 0 aliphatic carbocycles. The summed E-state index contributed by atoms with van der Waals surface area (Å²) in [4.78, 5) is 12.3. The Labute approximate surface area is 131 Å². The third-order valence-corrected chi connectivity index (χ3v) is 2.92. The number of methoxy groups -OCH3 is 1. The van der Waals surface area contributed by atoms with Gasteiger partial charge in [0.05, 0.1) is 25.6 Å². The van der Waals surface area contributed by atoms with Gasteiger partial charge in [0.2, 0.25) is 11.9 Å². The van der Waals surface area contributed by atoms with Gasteiger partial charge in [0.1, 0.15) is 11.6 Å². The van der Waals surface area contributed by atoms with Crippen LogP contribution in [0.2, 0.25) is 0 Å². The molecule has 0 bridgehead atoms. The largest absolute Gasteiger partial charge is 0.467 e. The van der Waals surface area contributed by atoms with Crippen molar-refractivity contribution in [3.63, 3.8) is 0 Å². The van der Waals surface area contributed by atoms with Gasteiger partial charge in [-0.2, -0.15) is 15.0 Å². The Morgan fingerprint density at radius 1 is 1.09 bits per heavy atom. The van der Waals surface area contributed by atoms with Gasteiger partial charge in [0, 0.05) is 0 Å². The summed E-state index contributed by atoms with van der Waals surface area (Å²) in [5, 5.41) is 5.79. The number of hydrogen-bond acceptors (Lipinski definition) is 7. The van der Waals surface area contributed by atoms with Crippen molar-refractivity contribution in [1.82, 2.24) is 15.0 Å². The van der Waals surface area contributed by atoms with E-state index in [0.29, 0.717) is 6.54 Å². The number of hydrogen-bond donors (Lipinski definition) is 2. The van der Waals surface area contributed by atoms with Crippen LogP contribution in [0.3, 0.4) is 0 Å². The van der Waals surface area contributed by atoms with E-state index in [-0.39, 0.29) is 23.6 Å². The second kappa shape index (κ2) is 6.73. The lowest BCUT2D eigenvalue weighted by Crippen LogP contribution is -2.08. The van der Waals surface area contributed by atoms with E-state index in [1.807, 2.05) is 6.07 Å². The molecular weight excluding hydrogens is 301 g/mol. The molecule has 2 heterocycles. The molecule has 0 aliphatic heterocycles. The molecule has 0 aliphatic rings. The number of nitrogens with zero attached hydrogens (tertiary/aromatic N) is 3. The number of aromatic nitrogens is 3. The van der Waals surface area contributed by atoms with Crippen LogP contribution in [-0.2, 0) is 6.54 Å². The number of anilines is 3. The first-order valence-electron chi connectivity index (χ1n) is 6.82. The number of para-hydroxylation sites is 1. The van der Waals surface area contributed by atoms with E-state index >= 15 is 0 Å². The quantitative estimate of drug-likeness (QED) is 0.723. The molecule has 0 saturated carbocycles. The SMILES string of the molecule is COc1nc(NCc2ccco2)nc(Nc2ccccc2F)n1. The van der Waals surface area contributed by atoms with E-state index in [1.165, 1.54) is 13.2 Å². The first-order chi connectivity index (χ1) is 11.2. The molecule has 2 N–H and O–H groups in total. The molecule has 0 amide bonds. The Kier molecular flexibility index (Phi) is 4.32. The van der Waals surface area contributed by atoms with Crippen molar-refractivity contribution >= 4 is 17.6 Å². The third kappa shape index (κ3) is 3.73. The van der Waals surface area contributed by atoms with Crippen LogP contribution in [0.15, 0.2) is 47.1 Å². The molecule has 3 rings (SSSR count). The molecule has 1 aromatic carbocycles. The summed E-state index contributed by atoms with van der Waals surface area (Å²) in [7, 11) is 1.44. The van der Waals surface area contributed by atoms with Gasteiger partial charge in [-0.05, 0) is 24.3 Å². The van der Waals surface area contributed by atoms with Crippen LogP contribution >= 0.6 is 0 Å². The third-order valence-electron chi connectivity index (χ3n) is 2.92. The fourth-order valence-electron chi connectivity index (χ4n) is 1.85. The molecule has 0 fully saturated rings. The van der Waals surface area contributed by atoms with E-state index in [4.69, 9.17) is 9.15 Å². The number of benzene rings is 1. The zero-order valence-corrected chi connectivity index (χ0v) is 12.3. The summed E-state index contributed by atoms with van der Waals surface area (Å²) >= 11 is 0. The van der Waals surface area contributed by atoms with Crippen molar-refractivity contribution in [2.24, 2.45) is 0 Å². The normalized spacial score (nSPS) is 10.3. The van der Waals surface area contributed by atoms with Gasteiger partial charge in [-0.15, -0.1) is 0 Å². The van der Waals surface area contributed by atoms with Crippen LogP contribution in [0, 0.1) is 5.82 Å². The van der Waals surface area contributed by atoms with Crippen molar-refractivity contribution < 1.29 is 13.5 Å². The fourth-order valence-corrected chi connectivity index (χ4v) is 1.85. The predicted molar refractivity (Wildman–Crippen MR) is 82.1 cm³/mol. The Bertz CT molecular complexity index is 779. The molecule has 8 heteroatoms. The first-order valence-corrected chi connectivity index (χ1v) is 6.82. The molecule has 0 spiro atoms. The average molecular weight is 315 g/mol. The van der Waals surface area contributed by atoms with Crippen LogP contribution in [0.5, 0.6) is 6.01 Å². The highest BCUT2D eigenvalue weighted by Gasteiger charge is 2.09. The average Bonchev–Trinajstić information content (AvgIpc) is 3.08. The first kappa shape index (κ1) is 14.8. The van der Waals surface area contributed by atoms with Crippen molar-refractivity contribution in [3.8, 4) is 6.01 Å². The highest BCUT2D eigenvalue weighted by Crippen LogP contribution is 2.19. The zero-order valence-electron chi connectivity index (χ0n) is 12.3. The van der Waals surface area contributed by atoms with E-state index in [2.05, 4.69) is 25.6 Å².